The second-order valence-corrected chi connectivity index (χ2v) is 7.92. The highest BCUT2D eigenvalue weighted by molar-refractivity contribution is 6.09. The fourth-order valence-electron chi connectivity index (χ4n) is 4.04. The van der Waals surface area contributed by atoms with E-state index in [0.29, 0.717) is 12.5 Å². The number of anilines is 2. The average Bonchev–Trinajstić information content (AvgIpc) is 2.68. The molecule has 0 unspecified atom stereocenters. The van der Waals surface area contributed by atoms with Crippen LogP contribution in [0.25, 0.3) is 0 Å². The minimum atomic E-state index is -4.31. The minimum Gasteiger partial charge on any atom is -0.371 e. The van der Waals surface area contributed by atoms with Crippen molar-refractivity contribution in [1.29, 1.82) is 0 Å². The van der Waals surface area contributed by atoms with Gasteiger partial charge in [-0.2, -0.15) is 13.2 Å². The molecule has 6 heteroatoms. The van der Waals surface area contributed by atoms with Crippen molar-refractivity contribution >= 4 is 17.2 Å². The highest BCUT2D eigenvalue weighted by Crippen LogP contribution is 2.41. The summed E-state index contributed by atoms with van der Waals surface area (Å²) in [6.07, 6.45) is -0.0964. The standard InChI is InChI=1S/C22H24F3N3/c1-15-10-12-21(13-11-15)20(27-18-4-2-3-5-19(18)28-21)26-14-16-6-8-17(9-7-16)22(23,24)25/h2-9,15,28H,10-14H2,1H3,(H,26,27). The molecule has 1 aliphatic carbocycles. The maximum Gasteiger partial charge on any atom is 0.416 e. The molecule has 0 bridgehead atoms. The van der Waals surface area contributed by atoms with Crippen LogP contribution in [0.3, 0.4) is 0 Å². The van der Waals surface area contributed by atoms with Crippen LogP contribution in [0.1, 0.15) is 43.7 Å². The van der Waals surface area contributed by atoms with Gasteiger partial charge in [-0.3, -0.25) is 4.99 Å². The third-order valence-electron chi connectivity index (χ3n) is 5.84. The van der Waals surface area contributed by atoms with Gasteiger partial charge >= 0.3 is 6.18 Å². The Hall–Kier alpha value is -2.50. The smallest absolute Gasteiger partial charge is 0.371 e. The lowest BCUT2D eigenvalue weighted by Crippen LogP contribution is -2.54. The van der Waals surface area contributed by atoms with Gasteiger partial charge in [0.2, 0.25) is 0 Å². The summed E-state index contributed by atoms with van der Waals surface area (Å²) in [5.41, 5.74) is 1.96. The van der Waals surface area contributed by atoms with Gasteiger partial charge in [0.05, 0.1) is 29.0 Å². The highest BCUT2D eigenvalue weighted by Gasteiger charge is 2.42. The van der Waals surface area contributed by atoms with Crippen LogP contribution in [0.4, 0.5) is 24.5 Å². The van der Waals surface area contributed by atoms with E-state index in [-0.39, 0.29) is 5.54 Å². The molecule has 4 rings (SSSR count). The van der Waals surface area contributed by atoms with Crippen molar-refractivity contribution in [2.24, 2.45) is 10.9 Å². The first-order chi connectivity index (χ1) is 13.4. The Kier molecular flexibility index (Phi) is 4.81. The number of rotatable bonds is 2. The van der Waals surface area contributed by atoms with Gasteiger partial charge < -0.3 is 10.6 Å². The minimum absolute atomic E-state index is 0.229. The Morgan fingerprint density at radius 2 is 1.64 bits per heavy atom. The van der Waals surface area contributed by atoms with Crippen LogP contribution in [-0.2, 0) is 12.7 Å². The van der Waals surface area contributed by atoms with Crippen LogP contribution in [0, 0.1) is 5.92 Å². The summed E-state index contributed by atoms with van der Waals surface area (Å²) >= 11 is 0. The number of para-hydroxylation sites is 2. The van der Waals surface area contributed by atoms with Crippen molar-refractivity contribution in [3.05, 3.63) is 59.7 Å². The zero-order valence-electron chi connectivity index (χ0n) is 15.8. The Morgan fingerprint density at radius 1 is 1.00 bits per heavy atom. The van der Waals surface area contributed by atoms with E-state index in [2.05, 4.69) is 23.6 Å². The molecule has 0 radical (unpaired) electrons. The number of nitrogens with zero attached hydrogens (tertiary/aromatic N) is 1. The molecule has 1 heterocycles. The molecular weight excluding hydrogens is 363 g/mol. The predicted octanol–water partition coefficient (Wildman–Crippen LogP) is 6.09. The second kappa shape index (κ2) is 7.15. The van der Waals surface area contributed by atoms with Gasteiger partial charge in [0.1, 0.15) is 5.84 Å². The van der Waals surface area contributed by atoms with Gasteiger partial charge in [-0.25, -0.2) is 0 Å². The number of hydrogen-bond acceptors (Lipinski definition) is 2. The second-order valence-electron chi connectivity index (χ2n) is 7.92. The quantitative estimate of drug-likeness (QED) is 0.654. The number of alkyl halides is 3. The lowest BCUT2D eigenvalue weighted by atomic mass is 9.75. The van der Waals surface area contributed by atoms with Crippen LogP contribution < -0.4 is 10.6 Å². The molecule has 0 saturated heterocycles. The molecule has 2 aliphatic rings. The maximum atomic E-state index is 12.8. The molecule has 28 heavy (non-hydrogen) atoms. The summed E-state index contributed by atoms with van der Waals surface area (Å²) in [6.45, 7) is 2.62. The van der Waals surface area contributed by atoms with Crippen molar-refractivity contribution in [2.45, 2.75) is 50.9 Å². The zero-order chi connectivity index (χ0) is 19.8. The molecule has 0 amide bonds. The topological polar surface area (TPSA) is 36.4 Å². The number of hydrogen-bond donors (Lipinski definition) is 2. The Balaban J connectivity index is 1.60. The summed E-state index contributed by atoms with van der Waals surface area (Å²) in [7, 11) is 0. The van der Waals surface area contributed by atoms with Crippen molar-refractivity contribution in [1.82, 2.24) is 0 Å². The van der Waals surface area contributed by atoms with Crippen molar-refractivity contribution in [3.63, 3.8) is 0 Å². The maximum absolute atomic E-state index is 12.8. The van der Waals surface area contributed by atoms with Crippen LogP contribution in [0.5, 0.6) is 0 Å². The first-order valence-corrected chi connectivity index (χ1v) is 9.71. The monoisotopic (exact) mass is 387 g/mol. The van der Waals surface area contributed by atoms with E-state index in [9.17, 15) is 13.2 Å². The lowest BCUT2D eigenvalue weighted by molar-refractivity contribution is -0.137. The summed E-state index contributed by atoms with van der Waals surface area (Å²) < 4.78 is 38.3. The largest absolute Gasteiger partial charge is 0.416 e. The molecule has 0 aromatic heterocycles. The van der Waals surface area contributed by atoms with Gasteiger partial charge in [0.15, 0.2) is 0 Å². The molecular formula is C22H24F3N3. The normalized spacial score (nSPS) is 25.9. The van der Waals surface area contributed by atoms with Crippen LogP contribution in [-0.4, -0.2) is 11.4 Å². The molecule has 1 aliphatic heterocycles. The van der Waals surface area contributed by atoms with Crippen molar-refractivity contribution in [3.8, 4) is 0 Å². The van der Waals surface area contributed by atoms with E-state index < -0.39 is 11.7 Å². The van der Waals surface area contributed by atoms with E-state index in [0.717, 1.165) is 60.6 Å². The van der Waals surface area contributed by atoms with E-state index >= 15 is 0 Å². The van der Waals surface area contributed by atoms with Gasteiger partial charge in [-0.1, -0.05) is 31.2 Å². The Labute approximate surface area is 163 Å². The zero-order valence-corrected chi connectivity index (χ0v) is 15.8. The number of amidine groups is 1. The third-order valence-corrected chi connectivity index (χ3v) is 5.84. The molecule has 2 aromatic carbocycles. The fourth-order valence-corrected chi connectivity index (χ4v) is 4.04. The summed E-state index contributed by atoms with van der Waals surface area (Å²) in [6, 6.07) is 13.3. The van der Waals surface area contributed by atoms with E-state index in [1.54, 1.807) is 0 Å². The number of nitrogens with one attached hydrogen (secondary N) is 2. The van der Waals surface area contributed by atoms with Gasteiger partial charge in [-0.05, 0) is 61.4 Å². The van der Waals surface area contributed by atoms with Gasteiger partial charge in [-0.15, -0.1) is 0 Å². The van der Waals surface area contributed by atoms with Crippen LogP contribution in [0.2, 0.25) is 0 Å². The lowest BCUT2D eigenvalue weighted by Gasteiger charge is -2.45. The van der Waals surface area contributed by atoms with Gasteiger partial charge in [0.25, 0.3) is 0 Å². The first-order valence-electron chi connectivity index (χ1n) is 9.71. The SMILES string of the molecule is CC1CCC2(CC1)Nc1ccccc1NC2=NCc1ccc(C(F)(F)F)cc1. The molecule has 2 aromatic rings. The molecule has 1 saturated carbocycles. The van der Waals surface area contributed by atoms with Crippen LogP contribution in [0.15, 0.2) is 53.5 Å². The number of fused-ring (bicyclic) bond motifs is 1. The van der Waals surface area contributed by atoms with E-state index in [1.165, 1.54) is 12.1 Å². The fraction of sp³-hybridized carbons (Fsp3) is 0.409. The number of halogens is 3. The molecule has 148 valence electrons. The number of benzene rings is 2. The summed E-state index contributed by atoms with van der Waals surface area (Å²) in [5, 5.41) is 7.19. The highest BCUT2D eigenvalue weighted by atomic mass is 19.4. The Morgan fingerprint density at radius 3 is 2.29 bits per heavy atom. The van der Waals surface area contributed by atoms with E-state index in [1.807, 2.05) is 18.2 Å². The number of aliphatic imine (C=N–C) groups is 1. The molecule has 2 N–H and O–H groups in total. The first kappa shape index (κ1) is 18.8. The van der Waals surface area contributed by atoms with Gasteiger partial charge in [0, 0.05) is 0 Å². The molecule has 1 spiro atoms. The van der Waals surface area contributed by atoms with Crippen LogP contribution >= 0.6 is 0 Å². The third kappa shape index (κ3) is 3.73. The molecule has 0 atom stereocenters. The van der Waals surface area contributed by atoms with E-state index in [4.69, 9.17) is 4.99 Å². The van der Waals surface area contributed by atoms with Crippen molar-refractivity contribution in [2.75, 3.05) is 10.6 Å². The molecule has 1 fully saturated rings. The summed E-state index contributed by atoms with van der Waals surface area (Å²) in [5.74, 6) is 1.58. The average molecular weight is 387 g/mol. The van der Waals surface area contributed by atoms with Crippen molar-refractivity contribution < 1.29 is 13.2 Å². The predicted molar refractivity (Wildman–Crippen MR) is 107 cm³/mol. The summed E-state index contributed by atoms with van der Waals surface area (Å²) in [4.78, 5) is 4.81. The molecule has 3 nitrogen and oxygen atoms in total. The Bertz CT molecular complexity index is 863.